The van der Waals surface area contributed by atoms with Gasteiger partial charge in [0.1, 0.15) is 29.4 Å². The Morgan fingerprint density at radius 2 is 1.78 bits per heavy atom. The highest BCUT2D eigenvalue weighted by Crippen LogP contribution is 2.31. The zero-order valence-corrected chi connectivity index (χ0v) is 17.5. The van der Waals surface area contributed by atoms with Crippen LogP contribution in [0.1, 0.15) is 36.3 Å². The third kappa shape index (κ3) is 3.79. The molecule has 3 heterocycles. The number of benzene rings is 1. The molecule has 0 aliphatic heterocycles. The van der Waals surface area contributed by atoms with Crippen molar-refractivity contribution >= 4 is 16.9 Å². The fraction of sp³-hybridized carbons (Fsp3) is 0.227. The molecule has 4 rings (SSSR count). The van der Waals surface area contributed by atoms with E-state index in [1.54, 1.807) is 27.0 Å². The van der Waals surface area contributed by atoms with E-state index in [0.717, 1.165) is 6.07 Å². The first-order valence-electron chi connectivity index (χ1n) is 9.74. The van der Waals surface area contributed by atoms with Gasteiger partial charge >= 0.3 is 0 Å². The molecular weight excluding hydrogens is 421 g/mol. The topological polar surface area (TPSA) is 85.6 Å². The summed E-state index contributed by atoms with van der Waals surface area (Å²) in [6, 6.07) is 4.82. The van der Waals surface area contributed by atoms with E-state index in [0.29, 0.717) is 33.8 Å². The Morgan fingerprint density at radius 3 is 2.47 bits per heavy atom. The van der Waals surface area contributed by atoms with E-state index in [4.69, 9.17) is 0 Å². The molecule has 164 valence electrons. The van der Waals surface area contributed by atoms with Crippen LogP contribution in [0.5, 0.6) is 0 Å². The van der Waals surface area contributed by atoms with Crippen molar-refractivity contribution < 1.29 is 13.2 Å². The van der Waals surface area contributed by atoms with E-state index in [1.807, 2.05) is 0 Å². The van der Waals surface area contributed by atoms with Crippen molar-refractivity contribution in [3.63, 3.8) is 0 Å². The van der Waals surface area contributed by atoms with Gasteiger partial charge < -0.3 is 5.32 Å². The van der Waals surface area contributed by atoms with Crippen LogP contribution in [0.3, 0.4) is 0 Å². The second kappa shape index (κ2) is 8.37. The minimum atomic E-state index is -2.92. The molecule has 0 unspecified atom stereocenters. The smallest absolute Gasteiger partial charge is 0.266 e. The molecule has 32 heavy (non-hydrogen) atoms. The summed E-state index contributed by atoms with van der Waals surface area (Å²) >= 11 is 0. The first kappa shape index (κ1) is 21.4. The van der Waals surface area contributed by atoms with Gasteiger partial charge in [0.25, 0.3) is 12.0 Å². The fourth-order valence-corrected chi connectivity index (χ4v) is 3.55. The summed E-state index contributed by atoms with van der Waals surface area (Å²) < 4.78 is 42.3. The lowest BCUT2D eigenvalue weighted by Gasteiger charge is -2.19. The van der Waals surface area contributed by atoms with Gasteiger partial charge in [0.15, 0.2) is 0 Å². The van der Waals surface area contributed by atoms with Gasteiger partial charge in [0, 0.05) is 30.6 Å². The van der Waals surface area contributed by atoms with E-state index < -0.39 is 23.8 Å². The average Bonchev–Trinajstić information content (AvgIpc) is 2.77. The zero-order valence-electron chi connectivity index (χ0n) is 17.5. The Kier molecular flexibility index (Phi) is 5.60. The number of alkyl halides is 2. The summed E-state index contributed by atoms with van der Waals surface area (Å²) in [5, 5.41) is 3.60. The van der Waals surface area contributed by atoms with Crippen molar-refractivity contribution in [1.29, 1.82) is 0 Å². The average molecular weight is 440 g/mol. The summed E-state index contributed by atoms with van der Waals surface area (Å²) in [5.74, 6) is -0.234. The van der Waals surface area contributed by atoms with Gasteiger partial charge in [0.05, 0.1) is 22.6 Å². The minimum absolute atomic E-state index is 0.0775. The van der Waals surface area contributed by atoms with Gasteiger partial charge in [-0.1, -0.05) is 18.2 Å². The Balaban J connectivity index is 1.85. The predicted molar refractivity (Wildman–Crippen MR) is 114 cm³/mol. The number of nitrogens with zero attached hydrogens (tertiary/aromatic N) is 5. The first-order valence-corrected chi connectivity index (χ1v) is 9.74. The van der Waals surface area contributed by atoms with Crippen LogP contribution >= 0.6 is 0 Å². The standard InChI is InChI=1S/C22H19F3N6O/c1-11(14-5-4-6-15(18(14)23)19(24)25)28-20-17-7-16(13-8-26-10-27-9-13)22(32)31(3)21(17)30-12(2)29-20/h4-11,19H,1-3H3,(H,28,29,30)/t11-/m1/s1. The van der Waals surface area contributed by atoms with E-state index in [1.165, 1.54) is 35.4 Å². The van der Waals surface area contributed by atoms with Crippen LogP contribution in [0.2, 0.25) is 0 Å². The monoisotopic (exact) mass is 440 g/mol. The van der Waals surface area contributed by atoms with Gasteiger partial charge in [-0.25, -0.2) is 33.1 Å². The van der Waals surface area contributed by atoms with Crippen molar-refractivity contribution in [2.24, 2.45) is 7.05 Å². The number of nitrogens with one attached hydrogen (secondary N) is 1. The maximum Gasteiger partial charge on any atom is 0.266 e. The van der Waals surface area contributed by atoms with Crippen LogP contribution in [0.4, 0.5) is 19.0 Å². The van der Waals surface area contributed by atoms with Gasteiger partial charge in [0.2, 0.25) is 0 Å². The lowest BCUT2D eigenvalue weighted by Crippen LogP contribution is -2.21. The van der Waals surface area contributed by atoms with Crippen LogP contribution in [-0.4, -0.2) is 24.5 Å². The largest absolute Gasteiger partial charge is 0.363 e. The lowest BCUT2D eigenvalue weighted by molar-refractivity contribution is 0.146. The number of hydrogen-bond donors (Lipinski definition) is 1. The highest BCUT2D eigenvalue weighted by atomic mass is 19.3. The highest BCUT2D eigenvalue weighted by Gasteiger charge is 2.21. The van der Waals surface area contributed by atoms with Crippen LogP contribution in [0.15, 0.2) is 47.8 Å². The minimum Gasteiger partial charge on any atom is -0.363 e. The Labute approximate surface area is 181 Å². The molecule has 0 amide bonds. The molecule has 0 saturated carbocycles. The number of fused-ring (bicyclic) bond motifs is 1. The highest BCUT2D eigenvalue weighted by molar-refractivity contribution is 5.90. The first-order chi connectivity index (χ1) is 15.3. The Hall–Kier alpha value is -3.82. The van der Waals surface area contributed by atoms with Gasteiger partial charge in [-0.2, -0.15) is 0 Å². The Morgan fingerprint density at radius 1 is 1.09 bits per heavy atom. The number of pyridine rings is 1. The van der Waals surface area contributed by atoms with Crippen LogP contribution in [0, 0.1) is 12.7 Å². The van der Waals surface area contributed by atoms with Gasteiger partial charge in [-0.3, -0.25) is 9.36 Å². The van der Waals surface area contributed by atoms with Crippen LogP contribution < -0.4 is 10.9 Å². The van der Waals surface area contributed by atoms with Gasteiger partial charge in [-0.05, 0) is 19.9 Å². The third-order valence-corrected chi connectivity index (χ3v) is 5.16. The molecule has 0 bridgehead atoms. The molecule has 0 aliphatic rings. The molecule has 4 aromatic rings. The molecule has 0 fully saturated rings. The number of aromatic nitrogens is 5. The molecule has 3 aromatic heterocycles. The summed E-state index contributed by atoms with van der Waals surface area (Å²) in [6.07, 6.45) is 1.48. The van der Waals surface area contributed by atoms with E-state index >= 15 is 0 Å². The van der Waals surface area contributed by atoms with Crippen molar-refractivity contribution in [1.82, 2.24) is 24.5 Å². The number of anilines is 1. The SMILES string of the molecule is Cc1nc(N[C@H](C)c2cccc(C(F)F)c2F)c2cc(-c3cncnc3)c(=O)n(C)c2n1. The fourth-order valence-electron chi connectivity index (χ4n) is 3.55. The maximum absolute atomic E-state index is 14.7. The van der Waals surface area contributed by atoms with E-state index in [-0.39, 0.29) is 11.1 Å². The van der Waals surface area contributed by atoms with Gasteiger partial charge in [-0.15, -0.1) is 0 Å². The second-order valence-electron chi connectivity index (χ2n) is 7.32. The number of rotatable bonds is 5. The normalized spacial score (nSPS) is 12.3. The molecule has 0 spiro atoms. The predicted octanol–water partition coefficient (Wildman–Crippen LogP) is 4.34. The summed E-state index contributed by atoms with van der Waals surface area (Å²) in [4.78, 5) is 29.6. The molecule has 10 heteroatoms. The van der Waals surface area contributed by atoms with Crippen LogP contribution in [-0.2, 0) is 7.05 Å². The summed E-state index contributed by atoms with van der Waals surface area (Å²) in [6.45, 7) is 3.31. The second-order valence-corrected chi connectivity index (χ2v) is 7.32. The molecule has 1 aromatic carbocycles. The quantitative estimate of drug-likeness (QED) is 0.497. The molecule has 0 radical (unpaired) electrons. The number of hydrogen-bond acceptors (Lipinski definition) is 6. The molecule has 7 nitrogen and oxygen atoms in total. The van der Waals surface area contributed by atoms with E-state index in [2.05, 4.69) is 25.3 Å². The molecular formula is C22H19F3N6O. The van der Waals surface area contributed by atoms with Crippen molar-refractivity contribution in [2.75, 3.05) is 5.32 Å². The Bertz CT molecular complexity index is 1360. The van der Waals surface area contributed by atoms with E-state index in [9.17, 15) is 18.0 Å². The summed E-state index contributed by atoms with van der Waals surface area (Å²) in [5.41, 5.74) is 0.363. The van der Waals surface area contributed by atoms with Crippen molar-refractivity contribution in [3.8, 4) is 11.1 Å². The molecule has 0 saturated heterocycles. The lowest BCUT2D eigenvalue weighted by atomic mass is 10.0. The maximum atomic E-state index is 14.7. The van der Waals surface area contributed by atoms with Crippen LogP contribution in [0.25, 0.3) is 22.2 Å². The zero-order chi connectivity index (χ0) is 23.0. The number of aryl methyl sites for hydroxylation is 2. The molecule has 1 atom stereocenters. The van der Waals surface area contributed by atoms with Crippen molar-refractivity contribution in [2.45, 2.75) is 26.3 Å². The molecule has 0 aliphatic carbocycles. The summed E-state index contributed by atoms with van der Waals surface area (Å²) in [7, 11) is 1.59. The molecule has 1 N–H and O–H groups in total. The van der Waals surface area contributed by atoms with Crippen molar-refractivity contribution in [3.05, 3.63) is 76.1 Å². The number of halogens is 3. The third-order valence-electron chi connectivity index (χ3n) is 5.16.